The Labute approximate surface area is 146 Å². The molecule has 0 unspecified atom stereocenters. The molecule has 2 aromatic rings. The number of carbonyl (C=O) groups is 2. The van der Waals surface area contributed by atoms with E-state index < -0.39 is 35.1 Å². The van der Waals surface area contributed by atoms with Crippen molar-refractivity contribution >= 4 is 35.1 Å². The summed E-state index contributed by atoms with van der Waals surface area (Å²) in [6.45, 7) is 0. The molecular weight excluding hydrogens is 363 g/mol. The van der Waals surface area contributed by atoms with Crippen LogP contribution in [0.1, 0.15) is 15.9 Å². The van der Waals surface area contributed by atoms with Gasteiger partial charge in [-0.3, -0.25) is 4.79 Å². The van der Waals surface area contributed by atoms with Gasteiger partial charge in [-0.05, 0) is 29.8 Å². The maximum absolute atomic E-state index is 13.6. The second kappa shape index (κ2) is 7.59. The van der Waals surface area contributed by atoms with Crippen LogP contribution in [-0.4, -0.2) is 23.0 Å². The van der Waals surface area contributed by atoms with E-state index in [1.165, 1.54) is 18.2 Å². The lowest BCUT2D eigenvalue weighted by Crippen LogP contribution is -2.42. The molecule has 8 heteroatoms. The number of nitrogens with one attached hydrogen (secondary N) is 1. The topological polar surface area (TPSA) is 66.4 Å². The molecule has 2 rings (SSSR count). The Kier molecular flexibility index (Phi) is 5.75. The first-order valence-corrected chi connectivity index (χ1v) is 7.46. The minimum absolute atomic E-state index is 0.145. The molecule has 0 saturated heterocycles. The number of hydrogen-bond donors (Lipinski definition) is 2. The highest BCUT2D eigenvalue weighted by Gasteiger charge is 2.24. The van der Waals surface area contributed by atoms with Gasteiger partial charge < -0.3 is 10.4 Å². The smallest absolute Gasteiger partial charge is 0.326 e. The van der Waals surface area contributed by atoms with Crippen LogP contribution in [0.3, 0.4) is 0 Å². The van der Waals surface area contributed by atoms with Gasteiger partial charge in [-0.25, -0.2) is 13.6 Å². The van der Waals surface area contributed by atoms with E-state index in [0.29, 0.717) is 10.6 Å². The van der Waals surface area contributed by atoms with Gasteiger partial charge in [0.1, 0.15) is 6.04 Å². The van der Waals surface area contributed by atoms with E-state index in [-0.39, 0.29) is 11.4 Å². The van der Waals surface area contributed by atoms with Crippen molar-refractivity contribution in [1.29, 1.82) is 0 Å². The summed E-state index contributed by atoms with van der Waals surface area (Å²) in [6.07, 6.45) is -0.145. The monoisotopic (exact) mass is 373 g/mol. The van der Waals surface area contributed by atoms with Crippen molar-refractivity contribution in [3.8, 4) is 0 Å². The molecule has 0 fully saturated rings. The lowest BCUT2D eigenvalue weighted by molar-refractivity contribution is -0.139. The zero-order valence-electron chi connectivity index (χ0n) is 12.0. The average molecular weight is 374 g/mol. The summed E-state index contributed by atoms with van der Waals surface area (Å²) >= 11 is 11.7. The van der Waals surface area contributed by atoms with E-state index in [1.807, 2.05) is 0 Å². The number of hydrogen-bond acceptors (Lipinski definition) is 2. The first kappa shape index (κ1) is 18.2. The van der Waals surface area contributed by atoms with Gasteiger partial charge in [0.15, 0.2) is 11.6 Å². The number of carboxylic acids is 1. The predicted octanol–water partition coefficient (Wildman–Crippen LogP) is 3.70. The fourth-order valence-corrected chi connectivity index (χ4v) is 2.51. The molecule has 2 aromatic carbocycles. The minimum atomic E-state index is -1.38. The molecule has 0 aromatic heterocycles. The Balaban J connectivity index is 2.21. The lowest BCUT2D eigenvalue weighted by Gasteiger charge is -2.16. The first-order valence-electron chi connectivity index (χ1n) is 6.71. The highest BCUT2D eigenvalue weighted by molar-refractivity contribution is 6.35. The SMILES string of the molecule is O=C(N[C@@H](Cc1ccc(Cl)cc1Cl)C(=O)O)c1cccc(F)c1F. The fraction of sp³-hybridized carbons (Fsp3) is 0.125. The van der Waals surface area contributed by atoms with Gasteiger partial charge in [0.05, 0.1) is 5.56 Å². The summed E-state index contributed by atoms with van der Waals surface area (Å²) in [5, 5.41) is 12.0. The number of halogens is 4. The summed E-state index contributed by atoms with van der Waals surface area (Å²) < 4.78 is 26.8. The van der Waals surface area contributed by atoms with E-state index in [1.54, 1.807) is 0 Å². The number of aliphatic carboxylic acids is 1. The molecular formula is C16H11Cl2F2NO3. The first-order chi connectivity index (χ1) is 11.3. The van der Waals surface area contributed by atoms with Crippen LogP contribution in [0.2, 0.25) is 10.0 Å². The molecule has 0 aliphatic rings. The predicted molar refractivity (Wildman–Crippen MR) is 85.4 cm³/mol. The molecule has 0 heterocycles. The standard InChI is InChI=1S/C16H11Cl2F2NO3/c17-9-5-4-8(11(18)7-9)6-13(16(23)24)21-15(22)10-2-1-3-12(19)14(10)20/h1-5,7,13H,6H2,(H,21,22)(H,23,24)/t13-/m0/s1. The van der Waals surface area contributed by atoms with Crippen LogP contribution in [0.15, 0.2) is 36.4 Å². The summed E-state index contributed by atoms with van der Waals surface area (Å²) in [4.78, 5) is 23.4. The zero-order chi connectivity index (χ0) is 17.9. The number of amides is 1. The van der Waals surface area contributed by atoms with Gasteiger partial charge in [-0.15, -0.1) is 0 Å². The summed E-state index contributed by atoms with van der Waals surface area (Å²) in [6, 6.07) is 6.17. The van der Waals surface area contributed by atoms with Gasteiger partial charge in [-0.2, -0.15) is 0 Å². The van der Waals surface area contributed by atoms with Gasteiger partial charge in [0.2, 0.25) is 0 Å². The van der Waals surface area contributed by atoms with E-state index in [2.05, 4.69) is 5.32 Å². The molecule has 126 valence electrons. The molecule has 4 nitrogen and oxygen atoms in total. The molecule has 0 aliphatic heterocycles. The van der Waals surface area contributed by atoms with Gasteiger partial charge >= 0.3 is 5.97 Å². The van der Waals surface area contributed by atoms with Crippen molar-refractivity contribution in [2.24, 2.45) is 0 Å². The Morgan fingerprint density at radius 3 is 2.50 bits per heavy atom. The van der Waals surface area contributed by atoms with Crippen molar-refractivity contribution in [3.05, 3.63) is 69.2 Å². The van der Waals surface area contributed by atoms with Gasteiger partial charge in [0.25, 0.3) is 5.91 Å². The van der Waals surface area contributed by atoms with Crippen LogP contribution in [0, 0.1) is 11.6 Å². The molecule has 1 atom stereocenters. The number of rotatable bonds is 5. The molecule has 0 aliphatic carbocycles. The minimum Gasteiger partial charge on any atom is -0.480 e. The van der Waals surface area contributed by atoms with Crippen molar-refractivity contribution in [2.45, 2.75) is 12.5 Å². The van der Waals surface area contributed by atoms with Gasteiger partial charge in [-0.1, -0.05) is 35.3 Å². The van der Waals surface area contributed by atoms with Crippen molar-refractivity contribution in [2.75, 3.05) is 0 Å². The Morgan fingerprint density at radius 1 is 1.17 bits per heavy atom. The third-order valence-electron chi connectivity index (χ3n) is 3.24. The molecule has 2 N–H and O–H groups in total. The Bertz CT molecular complexity index is 799. The highest BCUT2D eigenvalue weighted by Crippen LogP contribution is 2.22. The van der Waals surface area contributed by atoms with Crippen LogP contribution < -0.4 is 5.32 Å². The van der Waals surface area contributed by atoms with Crippen LogP contribution in [0.5, 0.6) is 0 Å². The summed E-state index contributed by atoms with van der Waals surface area (Å²) in [5.41, 5.74) is -0.142. The Morgan fingerprint density at radius 2 is 1.88 bits per heavy atom. The number of carbonyl (C=O) groups excluding carboxylic acids is 1. The van der Waals surface area contributed by atoms with Gasteiger partial charge in [0, 0.05) is 16.5 Å². The van der Waals surface area contributed by atoms with E-state index in [4.69, 9.17) is 23.2 Å². The summed E-state index contributed by atoms with van der Waals surface area (Å²) in [5.74, 6) is -4.92. The second-order valence-electron chi connectivity index (χ2n) is 4.91. The molecule has 0 radical (unpaired) electrons. The zero-order valence-corrected chi connectivity index (χ0v) is 13.5. The summed E-state index contributed by atoms with van der Waals surface area (Å²) in [7, 11) is 0. The molecule has 0 bridgehead atoms. The van der Waals surface area contributed by atoms with E-state index >= 15 is 0 Å². The lowest BCUT2D eigenvalue weighted by atomic mass is 10.1. The Hall–Kier alpha value is -2.18. The van der Waals surface area contributed by atoms with Crippen LogP contribution in [0.4, 0.5) is 8.78 Å². The quantitative estimate of drug-likeness (QED) is 0.839. The van der Waals surface area contributed by atoms with Crippen LogP contribution in [-0.2, 0) is 11.2 Å². The third-order valence-corrected chi connectivity index (χ3v) is 3.83. The molecule has 0 spiro atoms. The van der Waals surface area contributed by atoms with Crippen LogP contribution >= 0.6 is 23.2 Å². The highest BCUT2D eigenvalue weighted by atomic mass is 35.5. The van der Waals surface area contributed by atoms with Crippen LogP contribution in [0.25, 0.3) is 0 Å². The molecule has 24 heavy (non-hydrogen) atoms. The third kappa shape index (κ3) is 4.21. The van der Waals surface area contributed by atoms with Crippen molar-refractivity contribution in [1.82, 2.24) is 5.32 Å². The largest absolute Gasteiger partial charge is 0.480 e. The number of carboxylic acid groups (broad SMARTS) is 1. The second-order valence-corrected chi connectivity index (χ2v) is 5.75. The van der Waals surface area contributed by atoms with Crippen molar-refractivity contribution < 1.29 is 23.5 Å². The van der Waals surface area contributed by atoms with E-state index in [0.717, 1.165) is 18.2 Å². The average Bonchev–Trinajstić information content (AvgIpc) is 2.51. The number of benzene rings is 2. The maximum Gasteiger partial charge on any atom is 0.326 e. The molecule has 0 saturated carbocycles. The fourth-order valence-electron chi connectivity index (χ4n) is 2.02. The van der Waals surface area contributed by atoms with E-state index in [9.17, 15) is 23.5 Å². The van der Waals surface area contributed by atoms with Crippen molar-refractivity contribution in [3.63, 3.8) is 0 Å². The molecule has 1 amide bonds. The normalized spacial score (nSPS) is 11.8. The maximum atomic E-state index is 13.6.